The number of nitrogens with zero attached hydrogens (tertiary/aromatic N) is 2. The summed E-state index contributed by atoms with van der Waals surface area (Å²) in [5, 5.41) is 9.28. The maximum atomic E-state index is 8.54. The van der Waals surface area contributed by atoms with Crippen LogP contribution in [0.15, 0.2) is 50.9 Å². The zero-order chi connectivity index (χ0) is 12.7. The highest BCUT2D eigenvalue weighted by Gasteiger charge is 2.04. The van der Waals surface area contributed by atoms with Crippen LogP contribution in [0.5, 0.6) is 0 Å². The van der Waals surface area contributed by atoms with E-state index in [-0.39, 0.29) is 10.7 Å². The van der Waals surface area contributed by atoms with Gasteiger partial charge in [-0.1, -0.05) is 47.4 Å². The van der Waals surface area contributed by atoms with E-state index < -0.39 is 0 Å². The Morgan fingerprint density at radius 2 is 2.06 bits per heavy atom. The first kappa shape index (κ1) is 14.0. The normalized spacial score (nSPS) is 28.5. The van der Waals surface area contributed by atoms with Crippen molar-refractivity contribution in [3.63, 3.8) is 0 Å². The predicted molar refractivity (Wildman–Crippen MR) is 75.7 cm³/mol. The molecular formula is C13H15ClN2S. The van der Waals surface area contributed by atoms with Crippen LogP contribution in [0.2, 0.25) is 0 Å². The number of hydrogen-bond acceptors (Lipinski definition) is 2. The molecule has 0 amide bonds. The summed E-state index contributed by atoms with van der Waals surface area (Å²) in [6.45, 7) is 2.10. The lowest BCUT2D eigenvalue weighted by Crippen LogP contribution is -2.00. The van der Waals surface area contributed by atoms with Gasteiger partial charge in [-0.2, -0.15) is 9.62 Å². The maximum Gasteiger partial charge on any atom is 0.212 e. The van der Waals surface area contributed by atoms with Crippen molar-refractivity contribution in [1.29, 1.82) is 5.26 Å². The molecule has 0 heterocycles. The molecular weight excluding hydrogens is 252 g/mol. The highest BCUT2D eigenvalue weighted by Crippen LogP contribution is 2.19. The molecule has 1 unspecified atom stereocenters. The van der Waals surface area contributed by atoms with Crippen LogP contribution >= 0.6 is 11.6 Å². The Labute approximate surface area is 110 Å². The highest BCUT2D eigenvalue weighted by atomic mass is 35.5. The maximum absolute atomic E-state index is 8.54. The van der Waals surface area contributed by atoms with Crippen molar-refractivity contribution in [2.75, 3.05) is 12.0 Å². The summed E-state index contributed by atoms with van der Waals surface area (Å²) in [7, 11) is -0.256. The third kappa shape index (κ3) is 4.72. The van der Waals surface area contributed by atoms with Crippen LogP contribution in [0.1, 0.15) is 13.3 Å². The van der Waals surface area contributed by atoms with Gasteiger partial charge in [0.15, 0.2) is 0 Å². The number of halogens is 1. The number of allylic oxidation sites excluding steroid dienone is 7. The van der Waals surface area contributed by atoms with Crippen LogP contribution < -0.4 is 0 Å². The lowest BCUT2D eigenvalue weighted by molar-refractivity contribution is 1.12. The van der Waals surface area contributed by atoms with Crippen LogP contribution in [0.4, 0.5) is 0 Å². The first-order valence-electron chi connectivity index (χ1n) is 5.33. The second-order valence-electron chi connectivity index (χ2n) is 3.59. The summed E-state index contributed by atoms with van der Waals surface area (Å²) in [6, 6.07) is 0. The molecule has 0 N–H and O–H groups in total. The average molecular weight is 267 g/mol. The van der Waals surface area contributed by atoms with Gasteiger partial charge in [-0.05, 0) is 36.0 Å². The van der Waals surface area contributed by atoms with Crippen molar-refractivity contribution in [2.45, 2.75) is 13.3 Å². The SMILES string of the molecule is CCC1=C(C/S(C)=N/C#N)/C=C/C=C/C(Cl)=C\1. The van der Waals surface area contributed by atoms with Gasteiger partial charge in [0.2, 0.25) is 6.19 Å². The zero-order valence-corrected chi connectivity index (χ0v) is 11.6. The van der Waals surface area contributed by atoms with E-state index in [2.05, 4.69) is 17.4 Å². The van der Waals surface area contributed by atoms with Gasteiger partial charge in [-0.15, -0.1) is 0 Å². The monoisotopic (exact) mass is 266 g/mol. The van der Waals surface area contributed by atoms with Gasteiger partial charge in [0.1, 0.15) is 0 Å². The molecule has 0 aliphatic heterocycles. The smallest absolute Gasteiger partial charge is 0.170 e. The van der Waals surface area contributed by atoms with Gasteiger partial charge in [0.25, 0.3) is 0 Å². The summed E-state index contributed by atoms with van der Waals surface area (Å²) in [5.41, 5.74) is 2.42. The van der Waals surface area contributed by atoms with E-state index in [9.17, 15) is 0 Å². The summed E-state index contributed by atoms with van der Waals surface area (Å²) in [5.74, 6) is 0.793. The fourth-order valence-corrected chi connectivity index (χ4v) is 2.67. The fourth-order valence-electron chi connectivity index (χ4n) is 1.53. The summed E-state index contributed by atoms with van der Waals surface area (Å²) in [4.78, 5) is 0. The molecule has 0 spiro atoms. The second-order valence-corrected chi connectivity index (χ2v) is 5.70. The Morgan fingerprint density at radius 3 is 2.71 bits per heavy atom. The van der Waals surface area contributed by atoms with E-state index in [1.165, 1.54) is 11.1 Å². The van der Waals surface area contributed by atoms with E-state index in [1.54, 1.807) is 0 Å². The number of rotatable bonds is 3. The predicted octanol–water partition coefficient (Wildman–Crippen LogP) is 3.85. The van der Waals surface area contributed by atoms with Crippen molar-refractivity contribution in [1.82, 2.24) is 0 Å². The Morgan fingerprint density at radius 1 is 1.35 bits per heavy atom. The largest absolute Gasteiger partial charge is 0.212 e. The first-order chi connectivity index (χ1) is 8.17. The lowest BCUT2D eigenvalue weighted by atomic mass is 10.0. The van der Waals surface area contributed by atoms with E-state index in [1.807, 2.05) is 36.8 Å². The molecule has 90 valence electrons. The van der Waals surface area contributed by atoms with Gasteiger partial charge >= 0.3 is 0 Å². The molecule has 0 bridgehead atoms. The molecule has 1 aliphatic rings. The summed E-state index contributed by atoms with van der Waals surface area (Å²) < 4.78 is 3.85. The molecule has 1 atom stereocenters. The van der Waals surface area contributed by atoms with Crippen molar-refractivity contribution in [3.8, 4) is 6.19 Å². The minimum Gasteiger partial charge on any atom is -0.170 e. The van der Waals surface area contributed by atoms with Crippen molar-refractivity contribution >= 4 is 22.3 Å². The first-order valence-corrected chi connectivity index (χ1v) is 7.47. The molecule has 0 saturated heterocycles. The average Bonchev–Trinajstić information content (AvgIpc) is 2.28. The minimum atomic E-state index is -0.256. The van der Waals surface area contributed by atoms with Gasteiger partial charge in [0, 0.05) is 10.8 Å². The van der Waals surface area contributed by atoms with Crippen LogP contribution in [-0.4, -0.2) is 12.0 Å². The zero-order valence-electron chi connectivity index (χ0n) is 9.98. The van der Waals surface area contributed by atoms with Crippen molar-refractivity contribution in [2.24, 2.45) is 4.36 Å². The molecule has 0 aromatic carbocycles. The van der Waals surface area contributed by atoms with Gasteiger partial charge < -0.3 is 0 Å². The molecule has 4 heteroatoms. The van der Waals surface area contributed by atoms with Crippen molar-refractivity contribution < 1.29 is 0 Å². The Hall–Kier alpha value is -1.11. The summed E-state index contributed by atoms with van der Waals surface area (Å²) >= 11 is 6.06. The molecule has 1 rings (SSSR count). The summed E-state index contributed by atoms with van der Waals surface area (Å²) in [6.07, 6.45) is 14.6. The van der Waals surface area contributed by atoms with Crippen LogP contribution in [0, 0.1) is 11.5 Å². The van der Waals surface area contributed by atoms with Crippen molar-refractivity contribution in [3.05, 3.63) is 46.6 Å². The van der Waals surface area contributed by atoms with Crippen LogP contribution in [-0.2, 0) is 10.7 Å². The quantitative estimate of drug-likeness (QED) is 0.715. The highest BCUT2D eigenvalue weighted by molar-refractivity contribution is 7.86. The number of nitriles is 1. The molecule has 0 aromatic heterocycles. The Kier molecular flexibility index (Phi) is 5.96. The molecule has 2 nitrogen and oxygen atoms in total. The van der Waals surface area contributed by atoms with E-state index in [0.29, 0.717) is 0 Å². The van der Waals surface area contributed by atoms with E-state index in [4.69, 9.17) is 16.9 Å². The van der Waals surface area contributed by atoms with Crippen LogP contribution in [0.3, 0.4) is 0 Å². The molecule has 17 heavy (non-hydrogen) atoms. The minimum absolute atomic E-state index is 0.256. The van der Waals surface area contributed by atoms with Crippen LogP contribution in [0.25, 0.3) is 0 Å². The molecule has 0 radical (unpaired) electrons. The topological polar surface area (TPSA) is 36.1 Å². The second kappa shape index (κ2) is 7.26. The van der Waals surface area contributed by atoms with Gasteiger partial charge in [-0.3, -0.25) is 0 Å². The molecule has 0 saturated carbocycles. The third-order valence-electron chi connectivity index (χ3n) is 2.33. The molecule has 0 aromatic rings. The van der Waals surface area contributed by atoms with Gasteiger partial charge in [0.05, 0.1) is 0 Å². The van der Waals surface area contributed by atoms with Gasteiger partial charge in [-0.25, -0.2) is 0 Å². The Bertz CT molecular complexity index is 476. The Balaban J connectivity index is 3.07. The molecule has 0 fully saturated rings. The molecule has 1 aliphatic carbocycles. The van der Waals surface area contributed by atoms with E-state index in [0.717, 1.165) is 17.2 Å². The van der Waals surface area contributed by atoms with E-state index >= 15 is 0 Å². The lowest BCUT2D eigenvalue weighted by Gasteiger charge is -2.09. The number of hydrogen-bond donors (Lipinski definition) is 0. The fraction of sp³-hybridized carbons (Fsp3) is 0.308. The third-order valence-corrected chi connectivity index (χ3v) is 3.69. The standard InChI is InChI=1S/C13H15ClN2S/c1-3-11-8-13(14)7-5-4-6-12(11)9-17(2)16-10-15/h4-8H,3,9H2,1-2H3/b5-4?,6-4+,7-5+,11-8?,12-6?,12-11+,13-7?,13-8+.